The lowest BCUT2D eigenvalue weighted by Crippen LogP contribution is -2.46. The van der Waals surface area contributed by atoms with Crippen molar-refractivity contribution in [1.82, 2.24) is 15.2 Å². The number of rotatable bonds is 6. The minimum atomic E-state index is -1.42. The first kappa shape index (κ1) is 22.0. The van der Waals surface area contributed by atoms with Crippen LogP contribution in [0.5, 0.6) is 0 Å². The summed E-state index contributed by atoms with van der Waals surface area (Å²) in [6.07, 6.45) is 0.0711. The Kier molecular flexibility index (Phi) is 5.78. The Balaban J connectivity index is 1.84. The second-order valence-corrected chi connectivity index (χ2v) is 8.67. The summed E-state index contributed by atoms with van der Waals surface area (Å²) in [7, 11) is 0. The van der Waals surface area contributed by atoms with Gasteiger partial charge in [-0.25, -0.2) is 23.6 Å². The lowest BCUT2D eigenvalue weighted by atomic mass is 9.82. The van der Waals surface area contributed by atoms with Crippen molar-refractivity contribution in [3.8, 4) is 0 Å². The number of hydrogen-bond acceptors (Lipinski definition) is 7. The third-order valence-electron chi connectivity index (χ3n) is 5.65. The van der Waals surface area contributed by atoms with E-state index in [9.17, 15) is 28.6 Å². The van der Waals surface area contributed by atoms with Crippen LogP contribution in [0.1, 0.15) is 23.9 Å². The quantitative estimate of drug-likeness (QED) is 0.604. The summed E-state index contributed by atoms with van der Waals surface area (Å²) in [5.74, 6) is -2.63. The van der Waals surface area contributed by atoms with Gasteiger partial charge in [0.1, 0.15) is 23.6 Å². The number of halogens is 2. The van der Waals surface area contributed by atoms with E-state index < -0.39 is 35.5 Å². The minimum absolute atomic E-state index is 0.129. The standard InChI is InChI=1S/C21H20F2N4O4S/c1-21(11-2-4-12(22)5-3-11)16(20(30)31)14(25-17(26-21)18-24-6-7-32-18)10-27-9-13(23)8-15(27)19(28)29/h2-7,13,15H,8-10H2,1H3,(H,25,26)(H,28,29)(H,30,31)/t13-,15+,21?/m1/s1. The highest BCUT2D eigenvalue weighted by atomic mass is 32.1. The first-order valence-electron chi connectivity index (χ1n) is 9.79. The minimum Gasteiger partial charge on any atom is -0.480 e. The molecule has 0 radical (unpaired) electrons. The number of hydrogen-bond donors (Lipinski definition) is 3. The molecule has 2 aliphatic heterocycles. The summed E-state index contributed by atoms with van der Waals surface area (Å²) in [6, 6.07) is 4.27. The predicted molar refractivity (Wildman–Crippen MR) is 113 cm³/mol. The second-order valence-electron chi connectivity index (χ2n) is 7.78. The molecule has 1 unspecified atom stereocenters. The summed E-state index contributed by atoms with van der Waals surface area (Å²) < 4.78 is 27.6. The van der Waals surface area contributed by atoms with Crippen LogP contribution in [0, 0.1) is 5.82 Å². The number of alkyl halides is 1. The molecule has 3 heterocycles. The summed E-state index contributed by atoms with van der Waals surface area (Å²) in [6.45, 7) is 1.32. The van der Waals surface area contributed by atoms with Gasteiger partial charge >= 0.3 is 11.9 Å². The summed E-state index contributed by atoms with van der Waals surface area (Å²) in [5.41, 5.74) is -0.932. The van der Waals surface area contributed by atoms with Crippen molar-refractivity contribution in [1.29, 1.82) is 0 Å². The third kappa shape index (κ3) is 4.00. The van der Waals surface area contributed by atoms with Gasteiger partial charge in [0.05, 0.1) is 5.57 Å². The number of carbonyl (C=O) groups is 2. The third-order valence-corrected chi connectivity index (χ3v) is 6.43. The maximum Gasteiger partial charge on any atom is 0.336 e. The van der Waals surface area contributed by atoms with Crippen molar-refractivity contribution in [3.63, 3.8) is 0 Å². The largest absolute Gasteiger partial charge is 0.480 e. The van der Waals surface area contributed by atoms with Crippen LogP contribution >= 0.6 is 11.3 Å². The average molecular weight is 462 g/mol. The van der Waals surface area contributed by atoms with E-state index >= 15 is 0 Å². The highest BCUT2D eigenvalue weighted by Gasteiger charge is 2.44. The van der Waals surface area contributed by atoms with Crippen LogP contribution in [0.25, 0.3) is 0 Å². The second kappa shape index (κ2) is 8.40. The van der Waals surface area contributed by atoms with Crippen molar-refractivity contribution < 1.29 is 28.6 Å². The summed E-state index contributed by atoms with van der Waals surface area (Å²) >= 11 is 1.29. The number of carboxylic acid groups (broad SMARTS) is 2. The normalized spacial score (nSPS) is 26.0. The molecule has 1 aromatic carbocycles. The number of nitrogens with zero attached hydrogens (tertiary/aromatic N) is 3. The number of amidine groups is 1. The molecule has 1 saturated heterocycles. The van der Waals surface area contributed by atoms with Gasteiger partial charge in [-0.1, -0.05) is 12.1 Å². The molecule has 3 atom stereocenters. The SMILES string of the molecule is CC1(c2ccc(F)cc2)N=C(c2nccs2)NC(CN2C[C@H](F)C[C@H]2C(=O)O)=C1C(=O)O. The van der Waals surface area contributed by atoms with Crippen LogP contribution in [-0.4, -0.2) is 63.2 Å². The van der Waals surface area contributed by atoms with E-state index in [4.69, 9.17) is 0 Å². The fourth-order valence-corrected chi connectivity index (χ4v) is 4.75. The van der Waals surface area contributed by atoms with E-state index in [1.807, 2.05) is 0 Å². The van der Waals surface area contributed by atoms with Gasteiger partial charge < -0.3 is 15.5 Å². The monoisotopic (exact) mass is 462 g/mol. The lowest BCUT2D eigenvalue weighted by molar-refractivity contribution is -0.142. The molecule has 1 fully saturated rings. The van der Waals surface area contributed by atoms with Crippen LogP contribution in [-0.2, 0) is 15.1 Å². The maximum atomic E-state index is 14.0. The van der Waals surface area contributed by atoms with Crippen LogP contribution in [0.4, 0.5) is 8.78 Å². The number of likely N-dealkylation sites (tertiary alicyclic amines) is 1. The zero-order valence-electron chi connectivity index (χ0n) is 17.0. The van der Waals surface area contributed by atoms with Crippen molar-refractivity contribution in [2.75, 3.05) is 13.1 Å². The van der Waals surface area contributed by atoms with Crippen molar-refractivity contribution in [2.45, 2.75) is 31.1 Å². The van der Waals surface area contributed by atoms with Crippen LogP contribution in [0.2, 0.25) is 0 Å². The molecule has 0 bridgehead atoms. The summed E-state index contributed by atoms with van der Waals surface area (Å²) in [4.78, 5) is 34.3. The number of nitrogens with one attached hydrogen (secondary N) is 1. The van der Waals surface area contributed by atoms with Crippen molar-refractivity contribution >= 4 is 29.1 Å². The first-order valence-corrected chi connectivity index (χ1v) is 10.7. The topological polar surface area (TPSA) is 115 Å². The van der Waals surface area contributed by atoms with Gasteiger partial charge in [-0.3, -0.25) is 9.69 Å². The Morgan fingerprint density at radius 2 is 2.03 bits per heavy atom. The Morgan fingerprint density at radius 3 is 2.62 bits per heavy atom. The number of benzene rings is 1. The molecule has 0 amide bonds. The Morgan fingerprint density at radius 1 is 1.31 bits per heavy atom. The van der Waals surface area contributed by atoms with Gasteiger partial charge in [0.15, 0.2) is 10.8 Å². The maximum absolute atomic E-state index is 14.0. The molecule has 1 aromatic heterocycles. The number of carboxylic acids is 2. The van der Waals surface area contributed by atoms with E-state index in [-0.39, 0.29) is 30.8 Å². The Labute approximate surface area is 185 Å². The van der Waals surface area contributed by atoms with Gasteiger partial charge in [0.25, 0.3) is 0 Å². The zero-order valence-corrected chi connectivity index (χ0v) is 17.8. The van der Waals surface area contributed by atoms with E-state index in [1.165, 1.54) is 40.5 Å². The van der Waals surface area contributed by atoms with Gasteiger partial charge in [-0.05, 0) is 24.6 Å². The molecule has 3 N–H and O–H groups in total. The van der Waals surface area contributed by atoms with Gasteiger partial charge in [-0.2, -0.15) is 0 Å². The average Bonchev–Trinajstić information content (AvgIpc) is 3.37. The molecule has 0 saturated carbocycles. The van der Waals surface area contributed by atoms with Gasteiger partial charge in [-0.15, -0.1) is 11.3 Å². The zero-order chi connectivity index (χ0) is 23.0. The summed E-state index contributed by atoms with van der Waals surface area (Å²) in [5, 5.41) is 24.8. The molecular formula is C21H20F2N4O4S. The number of thiazole rings is 1. The smallest absolute Gasteiger partial charge is 0.336 e. The molecule has 2 aromatic rings. The van der Waals surface area contributed by atoms with E-state index in [0.29, 0.717) is 16.4 Å². The Bertz CT molecular complexity index is 1100. The molecular weight excluding hydrogens is 442 g/mol. The van der Waals surface area contributed by atoms with Gasteiger partial charge in [0.2, 0.25) is 0 Å². The van der Waals surface area contributed by atoms with E-state index in [0.717, 1.165) is 0 Å². The van der Waals surface area contributed by atoms with Crippen molar-refractivity contribution in [2.24, 2.45) is 4.99 Å². The number of aliphatic imine (C=N–C) groups is 1. The Hall–Kier alpha value is -3.18. The highest BCUT2D eigenvalue weighted by molar-refractivity contribution is 7.11. The molecule has 8 nitrogen and oxygen atoms in total. The molecule has 4 rings (SSSR count). The number of aromatic nitrogens is 1. The van der Waals surface area contributed by atoms with Crippen LogP contribution in [0.15, 0.2) is 52.1 Å². The van der Waals surface area contributed by atoms with Crippen LogP contribution < -0.4 is 5.32 Å². The fourth-order valence-electron chi connectivity index (χ4n) is 4.17. The van der Waals surface area contributed by atoms with Gasteiger partial charge in [0, 0.05) is 36.8 Å². The van der Waals surface area contributed by atoms with E-state index in [2.05, 4.69) is 15.3 Å². The van der Waals surface area contributed by atoms with E-state index in [1.54, 1.807) is 18.5 Å². The molecule has 11 heteroatoms. The fraction of sp³-hybridized carbons (Fsp3) is 0.333. The molecule has 2 aliphatic rings. The molecule has 0 aliphatic carbocycles. The first-order chi connectivity index (χ1) is 15.2. The lowest BCUT2D eigenvalue weighted by Gasteiger charge is -2.35. The molecule has 32 heavy (non-hydrogen) atoms. The highest BCUT2D eigenvalue weighted by Crippen LogP contribution is 2.39. The molecule has 168 valence electrons. The number of aliphatic carboxylic acids is 2. The molecule has 0 spiro atoms. The predicted octanol–water partition coefficient (Wildman–Crippen LogP) is 2.38. The van der Waals surface area contributed by atoms with Crippen molar-refractivity contribution in [3.05, 3.63) is 63.5 Å². The van der Waals surface area contributed by atoms with Crippen LogP contribution in [0.3, 0.4) is 0 Å².